The summed E-state index contributed by atoms with van der Waals surface area (Å²) in [6.45, 7) is 2.76. The number of hydrogen-bond acceptors (Lipinski definition) is 5. The maximum atomic E-state index is 12.4. The minimum Gasteiger partial charge on any atom is -0.354 e. The first-order valence-corrected chi connectivity index (χ1v) is 9.99. The third kappa shape index (κ3) is 3.94. The number of amides is 1. The van der Waals surface area contributed by atoms with Gasteiger partial charge in [-0.3, -0.25) is 19.1 Å². The zero-order chi connectivity index (χ0) is 17.8. The molecule has 1 N–H and O–H groups in total. The fourth-order valence-corrected chi connectivity index (χ4v) is 4.28. The Balaban J connectivity index is 1.40. The summed E-state index contributed by atoms with van der Waals surface area (Å²) in [6.07, 6.45) is 11.6. The van der Waals surface area contributed by atoms with Crippen LogP contribution in [-0.2, 0) is 11.2 Å². The number of thiazole rings is 1. The number of nitrogens with one attached hydrogen (secondary N) is 1. The SMILES string of the molecule is O=C(Cc1cn2ccsc2n1)NC[C@H](c1cccnc1)N1CCCCC1. The Morgan fingerprint density at radius 1 is 1.31 bits per heavy atom. The van der Waals surface area contributed by atoms with E-state index in [0.29, 0.717) is 13.0 Å². The molecule has 0 unspecified atom stereocenters. The molecule has 0 saturated carbocycles. The Labute approximate surface area is 156 Å². The van der Waals surface area contributed by atoms with Crippen LogP contribution in [0.4, 0.5) is 0 Å². The van der Waals surface area contributed by atoms with Gasteiger partial charge in [0.1, 0.15) is 0 Å². The van der Waals surface area contributed by atoms with Crippen molar-refractivity contribution in [2.45, 2.75) is 31.7 Å². The standard InChI is InChI=1S/C19H23N5OS/c25-18(11-16-14-24-9-10-26-19(24)22-16)21-13-17(15-5-4-6-20-12-15)23-7-2-1-3-8-23/h4-6,9-10,12,14,17H,1-3,7-8,11,13H2,(H,21,25)/t17-/m1/s1. The number of fused-ring (bicyclic) bond motifs is 1. The summed E-state index contributed by atoms with van der Waals surface area (Å²) in [5.41, 5.74) is 1.97. The fourth-order valence-electron chi connectivity index (χ4n) is 3.56. The van der Waals surface area contributed by atoms with Crippen LogP contribution in [0, 0.1) is 0 Å². The molecule has 4 heterocycles. The zero-order valence-electron chi connectivity index (χ0n) is 14.7. The van der Waals surface area contributed by atoms with E-state index in [1.54, 1.807) is 17.5 Å². The highest BCUT2D eigenvalue weighted by Gasteiger charge is 2.23. The predicted molar refractivity (Wildman–Crippen MR) is 102 cm³/mol. The van der Waals surface area contributed by atoms with Crippen LogP contribution in [0.5, 0.6) is 0 Å². The molecule has 0 aromatic carbocycles. The predicted octanol–water partition coefficient (Wildman–Crippen LogP) is 2.68. The average Bonchev–Trinajstić information content (AvgIpc) is 3.25. The lowest BCUT2D eigenvalue weighted by Gasteiger charge is -2.34. The van der Waals surface area contributed by atoms with Crippen LogP contribution < -0.4 is 5.32 Å². The van der Waals surface area contributed by atoms with Gasteiger partial charge in [0.25, 0.3) is 0 Å². The number of hydrogen-bond donors (Lipinski definition) is 1. The molecule has 1 aliphatic heterocycles. The second-order valence-corrected chi connectivity index (χ2v) is 7.58. The monoisotopic (exact) mass is 369 g/mol. The van der Waals surface area contributed by atoms with Crippen molar-refractivity contribution in [1.82, 2.24) is 24.6 Å². The molecule has 1 saturated heterocycles. The second-order valence-electron chi connectivity index (χ2n) is 6.70. The number of carbonyl (C=O) groups excluding carboxylic acids is 1. The van der Waals surface area contributed by atoms with Crippen LogP contribution in [0.2, 0.25) is 0 Å². The fraction of sp³-hybridized carbons (Fsp3) is 0.421. The average molecular weight is 369 g/mol. The van der Waals surface area contributed by atoms with E-state index < -0.39 is 0 Å². The minimum absolute atomic E-state index is 0.0154. The van der Waals surface area contributed by atoms with Gasteiger partial charge in [-0.15, -0.1) is 11.3 Å². The summed E-state index contributed by atoms with van der Waals surface area (Å²) in [4.78, 5) is 24.6. The van der Waals surface area contributed by atoms with Gasteiger partial charge >= 0.3 is 0 Å². The van der Waals surface area contributed by atoms with Crippen molar-refractivity contribution in [3.63, 3.8) is 0 Å². The third-order valence-corrected chi connectivity index (χ3v) is 5.65. The Kier molecular flexibility index (Phi) is 5.26. The molecule has 6 nitrogen and oxygen atoms in total. The van der Waals surface area contributed by atoms with E-state index in [-0.39, 0.29) is 11.9 Å². The Morgan fingerprint density at radius 3 is 2.96 bits per heavy atom. The minimum atomic E-state index is 0.0154. The van der Waals surface area contributed by atoms with Crippen LogP contribution in [0.15, 0.2) is 42.3 Å². The van der Waals surface area contributed by atoms with E-state index >= 15 is 0 Å². The number of nitrogens with zero attached hydrogens (tertiary/aromatic N) is 4. The summed E-state index contributed by atoms with van der Waals surface area (Å²) in [6, 6.07) is 4.24. The maximum absolute atomic E-state index is 12.4. The lowest BCUT2D eigenvalue weighted by Crippen LogP contribution is -2.41. The number of rotatable bonds is 6. The Bertz CT molecular complexity index is 825. The van der Waals surface area contributed by atoms with E-state index in [9.17, 15) is 4.79 Å². The lowest BCUT2D eigenvalue weighted by molar-refractivity contribution is -0.120. The highest BCUT2D eigenvalue weighted by Crippen LogP contribution is 2.23. The van der Waals surface area contributed by atoms with Crippen LogP contribution in [0.25, 0.3) is 4.96 Å². The van der Waals surface area contributed by atoms with Crippen LogP contribution in [0.3, 0.4) is 0 Å². The van der Waals surface area contributed by atoms with Crippen molar-refractivity contribution in [2.75, 3.05) is 19.6 Å². The van der Waals surface area contributed by atoms with Gasteiger partial charge in [-0.25, -0.2) is 4.98 Å². The normalized spacial score (nSPS) is 16.6. The van der Waals surface area contributed by atoms with E-state index in [1.165, 1.54) is 19.3 Å². The van der Waals surface area contributed by atoms with Gasteiger partial charge in [0.15, 0.2) is 4.96 Å². The molecule has 26 heavy (non-hydrogen) atoms. The molecule has 3 aromatic heterocycles. The first-order valence-electron chi connectivity index (χ1n) is 9.11. The zero-order valence-corrected chi connectivity index (χ0v) is 15.5. The van der Waals surface area contributed by atoms with Crippen molar-refractivity contribution in [1.29, 1.82) is 0 Å². The Morgan fingerprint density at radius 2 is 2.19 bits per heavy atom. The molecule has 3 aromatic rings. The van der Waals surface area contributed by atoms with E-state index in [0.717, 1.165) is 29.3 Å². The highest BCUT2D eigenvalue weighted by atomic mass is 32.1. The number of aromatic nitrogens is 3. The molecule has 1 aliphatic rings. The molecule has 0 bridgehead atoms. The number of piperidine rings is 1. The van der Waals surface area contributed by atoms with Gasteiger partial charge in [-0.05, 0) is 37.6 Å². The first kappa shape index (κ1) is 17.2. The molecular weight excluding hydrogens is 346 g/mol. The van der Waals surface area contributed by atoms with Gasteiger partial charge < -0.3 is 5.32 Å². The molecule has 1 fully saturated rings. The quantitative estimate of drug-likeness (QED) is 0.726. The molecule has 0 aliphatic carbocycles. The van der Waals surface area contributed by atoms with Crippen molar-refractivity contribution < 1.29 is 4.79 Å². The lowest BCUT2D eigenvalue weighted by atomic mass is 10.0. The van der Waals surface area contributed by atoms with E-state index in [2.05, 4.69) is 26.3 Å². The molecule has 4 rings (SSSR count). The third-order valence-electron chi connectivity index (χ3n) is 4.88. The van der Waals surface area contributed by atoms with Gasteiger partial charge in [-0.1, -0.05) is 12.5 Å². The molecule has 0 radical (unpaired) electrons. The number of imidazole rings is 1. The number of pyridine rings is 1. The van der Waals surface area contributed by atoms with E-state index in [1.807, 2.05) is 34.4 Å². The highest BCUT2D eigenvalue weighted by molar-refractivity contribution is 7.15. The number of likely N-dealkylation sites (tertiary alicyclic amines) is 1. The molecule has 0 spiro atoms. The van der Waals surface area contributed by atoms with Gasteiger partial charge in [0, 0.05) is 36.7 Å². The number of carbonyl (C=O) groups is 1. The summed E-state index contributed by atoms with van der Waals surface area (Å²) < 4.78 is 1.96. The van der Waals surface area contributed by atoms with Crippen LogP contribution in [-0.4, -0.2) is 44.8 Å². The van der Waals surface area contributed by atoms with Crippen molar-refractivity contribution in [3.8, 4) is 0 Å². The molecule has 1 amide bonds. The van der Waals surface area contributed by atoms with E-state index in [4.69, 9.17) is 0 Å². The summed E-state index contributed by atoms with van der Waals surface area (Å²) in [5.74, 6) is 0.0154. The molecule has 7 heteroatoms. The topological polar surface area (TPSA) is 62.5 Å². The van der Waals surface area contributed by atoms with Crippen LogP contribution >= 0.6 is 11.3 Å². The second kappa shape index (κ2) is 7.97. The molecule has 136 valence electrons. The summed E-state index contributed by atoms with van der Waals surface area (Å²) in [5, 5.41) is 5.10. The van der Waals surface area contributed by atoms with Crippen LogP contribution in [0.1, 0.15) is 36.6 Å². The molecule has 1 atom stereocenters. The molecular formula is C19H23N5OS. The van der Waals surface area contributed by atoms with Crippen molar-refractivity contribution in [3.05, 3.63) is 53.6 Å². The summed E-state index contributed by atoms with van der Waals surface area (Å²) >= 11 is 1.58. The Hall–Kier alpha value is -2.25. The maximum Gasteiger partial charge on any atom is 0.226 e. The smallest absolute Gasteiger partial charge is 0.226 e. The van der Waals surface area contributed by atoms with Crippen molar-refractivity contribution >= 4 is 22.2 Å². The van der Waals surface area contributed by atoms with Gasteiger partial charge in [-0.2, -0.15) is 0 Å². The van der Waals surface area contributed by atoms with Crippen molar-refractivity contribution in [2.24, 2.45) is 0 Å². The summed E-state index contributed by atoms with van der Waals surface area (Å²) in [7, 11) is 0. The largest absolute Gasteiger partial charge is 0.354 e. The van der Waals surface area contributed by atoms with Gasteiger partial charge in [0.2, 0.25) is 5.91 Å². The van der Waals surface area contributed by atoms with Gasteiger partial charge in [0.05, 0.1) is 18.2 Å². The first-order chi connectivity index (χ1) is 12.8.